The van der Waals surface area contributed by atoms with Crippen LogP contribution in [0.5, 0.6) is 0 Å². The number of H-pyrrole nitrogens is 1. The third kappa shape index (κ3) is 4.32. The molecule has 0 fully saturated rings. The number of imidazole rings is 1. The van der Waals surface area contributed by atoms with Gasteiger partial charge < -0.3 is 14.7 Å². The van der Waals surface area contributed by atoms with E-state index in [4.69, 9.17) is 23.2 Å². The van der Waals surface area contributed by atoms with E-state index in [1.807, 2.05) is 67.6 Å². The zero-order valence-electron chi connectivity index (χ0n) is 18.0. The summed E-state index contributed by atoms with van der Waals surface area (Å²) < 4.78 is 2.14. The SMILES string of the molecule is Cc1c(/C=C(\Sc2nc3ccccc3[nH]2)C(=O)O)c2ccccc2n1Cc1ccc(Cl)cc1Cl. The normalized spacial score (nSPS) is 12.0. The highest BCUT2D eigenvalue weighted by Crippen LogP contribution is 2.34. The van der Waals surface area contributed by atoms with E-state index in [9.17, 15) is 9.90 Å². The van der Waals surface area contributed by atoms with E-state index in [1.54, 1.807) is 12.1 Å². The van der Waals surface area contributed by atoms with Crippen molar-refractivity contribution in [3.05, 3.63) is 98.5 Å². The lowest BCUT2D eigenvalue weighted by Crippen LogP contribution is -2.03. The number of halogens is 2. The third-order valence-electron chi connectivity index (χ3n) is 5.68. The van der Waals surface area contributed by atoms with Crippen LogP contribution in [0.2, 0.25) is 10.0 Å². The summed E-state index contributed by atoms with van der Waals surface area (Å²) in [6.07, 6.45) is 1.72. The largest absolute Gasteiger partial charge is 0.477 e. The summed E-state index contributed by atoms with van der Waals surface area (Å²) in [5, 5.41) is 12.6. The predicted molar refractivity (Wildman–Crippen MR) is 140 cm³/mol. The Bertz CT molecular complexity index is 1550. The number of carboxylic acids is 1. The molecule has 0 spiro atoms. The summed E-state index contributed by atoms with van der Waals surface area (Å²) >= 11 is 13.6. The molecule has 5 rings (SSSR count). The van der Waals surface area contributed by atoms with Crippen LogP contribution in [0.25, 0.3) is 28.0 Å². The molecule has 0 amide bonds. The van der Waals surface area contributed by atoms with Crippen molar-refractivity contribution in [2.45, 2.75) is 18.6 Å². The number of hydrogen-bond acceptors (Lipinski definition) is 3. The van der Waals surface area contributed by atoms with Crippen LogP contribution in [0.1, 0.15) is 16.8 Å². The Labute approximate surface area is 210 Å². The van der Waals surface area contributed by atoms with Crippen molar-refractivity contribution in [2.75, 3.05) is 0 Å². The molecule has 2 heterocycles. The van der Waals surface area contributed by atoms with E-state index < -0.39 is 5.97 Å². The number of aliphatic carboxylic acids is 1. The first kappa shape index (κ1) is 22.6. The molecule has 0 radical (unpaired) electrons. The van der Waals surface area contributed by atoms with Crippen molar-refractivity contribution in [1.29, 1.82) is 0 Å². The van der Waals surface area contributed by atoms with E-state index in [2.05, 4.69) is 14.5 Å². The highest BCUT2D eigenvalue weighted by atomic mass is 35.5. The molecule has 0 aliphatic carbocycles. The molecule has 0 aliphatic rings. The summed E-state index contributed by atoms with van der Waals surface area (Å²) in [6.45, 7) is 2.52. The fourth-order valence-electron chi connectivity index (χ4n) is 4.01. The molecule has 2 aromatic heterocycles. The molecule has 0 atom stereocenters. The van der Waals surface area contributed by atoms with Gasteiger partial charge in [0.25, 0.3) is 0 Å². The highest BCUT2D eigenvalue weighted by molar-refractivity contribution is 8.04. The molecule has 8 heteroatoms. The molecule has 0 unspecified atom stereocenters. The molecule has 3 aromatic carbocycles. The molecule has 0 aliphatic heterocycles. The van der Waals surface area contributed by atoms with E-state index in [-0.39, 0.29) is 4.91 Å². The maximum Gasteiger partial charge on any atom is 0.342 e. The van der Waals surface area contributed by atoms with Gasteiger partial charge >= 0.3 is 5.97 Å². The summed E-state index contributed by atoms with van der Waals surface area (Å²) in [7, 11) is 0. The van der Waals surface area contributed by atoms with Gasteiger partial charge in [0, 0.05) is 38.8 Å². The number of hydrogen-bond donors (Lipinski definition) is 2. The first-order valence-corrected chi connectivity index (χ1v) is 12.1. The van der Waals surface area contributed by atoms with E-state index in [0.717, 1.165) is 50.5 Å². The maximum atomic E-state index is 12.2. The van der Waals surface area contributed by atoms with Crippen LogP contribution < -0.4 is 0 Å². The Morgan fingerprint density at radius 3 is 2.65 bits per heavy atom. The molecule has 0 saturated heterocycles. The second kappa shape index (κ2) is 9.22. The number of para-hydroxylation sites is 3. The number of nitrogens with zero attached hydrogens (tertiary/aromatic N) is 2. The van der Waals surface area contributed by atoms with Crippen LogP contribution in [0.15, 0.2) is 76.8 Å². The summed E-state index contributed by atoms with van der Waals surface area (Å²) in [5.74, 6) is -1.01. The standard InChI is InChI=1S/C26H19Cl2N3O2S/c1-15-19(13-24(25(32)33)34-26-29-21-7-3-4-8-22(21)30-26)18-6-2-5-9-23(18)31(15)14-16-10-11-17(27)12-20(16)28/h2-13H,14H2,1H3,(H,29,30)(H,32,33)/b24-13-. The van der Waals surface area contributed by atoms with Gasteiger partial charge in [-0.2, -0.15) is 0 Å². The van der Waals surface area contributed by atoms with Crippen LogP contribution in [-0.2, 0) is 11.3 Å². The Hall–Kier alpha value is -3.19. The first-order chi connectivity index (χ1) is 16.4. The Kier molecular flexibility index (Phi) is 6.13. The van der Waals surface area contributed by atoms with Crippen LogP contribution in [0.3, 0.4) is 0 Å². The number of aromatic amines is 1. The van der Waals surface area contributed by atoms with Gasteiger partial charge in [-0.25, -0.2) is 9.78 Å². The number of carbonyl (C=O) groups is 1. The van der Waals surface area contributed by atoms with Gasteiger partial charge in [0.15, 0.2) is 5.16 Å². The van der Waals surface area contributed by atoms with Gasteiger partial charge in [0.05, 0.1) is 11.0 Å². The van der Waals surface area contributed by atoms with Crippen LogP contribution in [0.4, 0.5) is 0 Å². The number of carboxylic acid groups (broad SMARTS) is 1. The molecule has 2 N–H and O–H groups in total. The molecule has 5 nitrogen and oxygen atoms in total. The van der Waals surface area contributed by atoms with Gasteiger partial charge in [-0.3, -0.25) is 0 Å². The monoisotopic (exact) mass is 507 g/mol. The van der Waals surface area contributed by atoms with Crippen molar-refractivity contribution in [2.24, 2.45) is 0 Å². The minimum atomic E-state index is -1.01. The molecule has 170 valence electrons. The van der Waals surface area contributed by atoms with E-state index in [0.29, 0.717) is 21.7 Å². The zero-order chi connectivity index (χ0) is 23.8. The second-order valence-corrected chi connectivity index (χ2v) is 9.69. The quantitative estimate of drug-likeness (QED) is 0.185. The number of nitrogens with one attached hydrogen (secondary N) is 1. The van der Waals surface area contributed by atoms with Crippen molar-refractivity contribution in [1.82, 2.24) is 14.5 Å². The Morgan fingerprint density at radius 1 is 1.12 bits per heavy atom. The number of benzene rings is 3. The van der Waals surface area contributed by atoms with Crippen molar-refractivity contribution >= 4 is 68.9 Å². The summed E-state index contributed by atoms with van der Waals surface area (Å²) in [4.78, 5) is 20.0. The van der Waals surface area contributed by atoms with E-state index in [1.165, 1.54) is 0 Å². The number of aromatic nitrogens is 3. The molecular weight excluding hydrogens is 489 g/mol. The Balaban J connectivity index is 1.59. The fourth-order valence-corrected chi connectivity index (χ4v) is 5.26. The van der Waals surface area contributed by atoms with E-state index >= 15 is 0 Å². The minimum Gasteiger partial charge on any atom is -0.477 e. The maximum absolute atomic E-state index is 12.2. The van der Waals surface area contributed by atoms with Crippen LogP contribution >= 0.6 is 35.0 Å². The average Bonchev–Trinajstić information content (AvgIpc) is 3.34. The molecule has 0 saturated carbocycles. The van der Waals surface area contributed by atoms with Gasteiger partial charge in [-0.1, -0.05) is 59.6 Å². The van der Waals surface area contributed by atoms with Gasteiger partial charge in [0.1, 0.15) is 4.91 Å². The lowest BCUT2D eigenvalue weighted by molar-refractivity contribution is -0.131. The van der Waals surface area contributed by atoms with Crippen molar-refractivity contribution < 1.29 is 9.90 Å². The second-order valence-electron chi connectivity index (χ2n) is 7.81. The highest BCUT2D eigenvalue weighted by Gasteiger charge is 2.18. The lowest BCUT2D eigenvalue weighted by Gasteiger charge is -2.11. The zero-order valence-corrected chi connectivity index (χ0v) is 20.4. The third-order valence-corrected chi connectivity index (χ3v) is 7.17. The smallest absolute Gasteiger partial charge is 0.342 e. The number of fused-ring (bicyclic) bond motifs is 2. The summed E-state index contributed by atoms with van der Waals surface area (Å²) in [5.41, 5.74) is 5.37. The molecular formula is C26H19Cl2N3O2S. The topological polar surface area (TPSA) is 70.9 Å². The molecule has 0 bridgehead atoms. The first-order valence-electron chi connectivity index (χ1n) is 10.5. The molecule has 5 aromatic rings. The number of thioether (sulfide) groups is 1. The minimum absolute atomic E-state index is 0.176. The van der Waals surface area contributed by atoms with Crippen molar-refractivity contribution in [3.63, 3.8) is 0 Å². The fraction of sp³-hybridized carbons (Fsp3) is 0.0769. The lowest BCUT2D eigenvalue weighted by atomic mass is 10.1. The van der Waals surface area contributed by atoms with Gasteiger partial charge in [-0.15, -0.1) is 0 Å². The average molecular weight is 508 g/mol. The van der Waals surface area contributed by atoms with Crippen molar-refractivity contribution in [3.8, 4) is 0 Å². The summed E-state index contributed by atoms with van der Waals surface area (Å²) in [6, 6.07) is 21.0. The van der Waals surface area contributed by atoms with Gasteiger partial charge in [-0.05, 0) is 60.7 Å². The van der Waals surface area contributed by atoms with Crippen LogP contribution in [-0.4, -0.2) is 25.6 Å². The molecule has 34 heavy (non-hydrogen) atoms. The Morgan fingerprint density at radius 2 is 1.88 bits per heavy atom. The van der Waals surface area contributed by atoms with Gasteiger partial charge in [0.2, 0.25) is 0 Å². The predicted octanol–water partition coefficient (Wildman–Crippen LogP) is 7.40. The number of rotatable bonds is 6. The van der Waals surface area contributed by atoms with Crippen LogP contribution in [0, 0.1) is 6.92 Å².